The topological polar surface area (TPSA) is 84.2 Å². The van der Waals surface area contributed by atoms with Gasteiger partial charge in [0.15, 0.2) is 16.6 Å². The van der Waals surface area contributed by atoms with Crippen LogP contribution in [0.25, 0.3) is 0 Å². The molecule has 1 amide bonds. The number of carbonyl (C=O) groups is 1. The minimum atomic E-state index is -0.207. The summed E-state index contributed by atoms with van der Waals surface area (Å²) in [6.45, 7) is 0. The van der Waals surface area contributed by atoms with Crippen molar-refractivity contribution in [3.8, 4) is 17.6 Å². The van der Waals surface area contributed by atoms with Crippen molar-refractivity contribution in [1.82, 2.24) is 4.98 Å². The molecule has 2 rings (SSSR count). The third kappa shape index (κ3) is 3.70. The van der Waals surface area contributed by atoms with Crippen molar-refractivity contribution in [2.75, 3.05) is 19.5 Å². The van der Waals surface area contributed by atoms with E-state index in [1.807, 2.05) is 6.07 Å². The van der Waals surface area contributed by atoms with E-state index in [0.717, 1.165) is 16.9 Å². The van der Waals surface area contributed by atoms with Crippen LogP contribution in [-0.2, 0) is 11.2 Å². The van der Waals surface area contributed by atoms with E-state index in [2.05, 4.69) is 10.3 Å². The molecule has 0 fully saturated rings. The van der Waals surface area contributed by atoms with Crippen molar-refractivity contribution < 1.29 is 14.3 Å². The third-order valence-electron chi connectivity index (χ3n) is 2.67. The molecule has 1 aromatic carbocycles. The molecule has 2 aromatic rings. The van der Waals surface area contributed by atoms with Gasteiger partial charge in [0.1, 0.15) is 10.9 Å². The number of nitrogens with zero attached hydrogens (tertiary/aromatic N) is 2. The normalized spacial score (nSPS) is 9.76. The van der Waals surface area contributed by atoms with E-state index < -0.39 is 0 Å². The van der Waals surface area contributed by atoms with Crippen LogP contribution < -0.4 is 14.8 Å². The second-order valence-electron chi connectivity index (χ2n) is 4.06. The van der Waals surface area contributed by atoms with Crippen molar-refractivity contribution in [2.24, 2.45) is 0 Å². The first-order valence-electron chi connectivity index (χ1n) is 6.03. The molecular weight excluding hydrogens is 290 g/mol. The van der Waals surface area contributed by atoms with E-state index in [9.17, 15) is 4.79 Å². The maximum Gasteiger partial charge on any atom is 0.230 e. The first kappa shape index (κ1) is 14.8. The van der Waals surface area contributed by atoms with Crippen LogP contribution in [0.3, 0.4) is 0 Å². The monoisotopic (exact) mass is 303 g/mol. The number of nitriles is 1. The quantitative estimate of drug-likeness (QED) is 0.915. The van der Waals surface area contributed by atoms with Crippen molar-refractivity contribution in [2.45, 2.75) is 6.42 Å². The van der Waals surface area contributed by atoms with Gasteiger partial charge in [0, 0.05) is 0 Å². The predicted molar refractivity (Wildman–Crippen MR) is 78.7 cm³/mol. The molecule has 0 bridgehead atoms. The molecule has 108 valence electrons. The summed E-state index contributed by atoms with van der Waals surface area (Å²) in [7, 11) is 3.10. The summed E-state index contributed by atoms with van der Waals surface area (Å²) in [5.74, 6) is 0.977. The van der Waals surface area contributed by atoms with E-state index in [1.54, 1.807) is 32.4 Å². The van der Waals surface area contributed by atoms with Gasteiger partial charge in [-0.25, -0.2) is 4.98 Å². The fourth-order valence-electron chi connectivity index (χ4n) is 1.72. The lowest BCUT2D eigenvalue weighted by atomic mass is 10.1. The number of methoxy groups -OCH3 is 2. The van der Waals surface area contributed by atoms with Crippen LogP contribution in [0.2, 0.25) is 0 Å². The number of anilines is 1. The number of nitrogens with one attached hydrogen (secondary N) is 1. The summed E-state index contributed by atoms with van der Waals surface area (Å²) in [6, 6.07) is 7.27. The van der Waals surface area contributed by atoms with Gasteiger partial charge in [-0.2, -0.15) is 5.26 Å². The summed E-state index contributed by atoms with van der Waals surface area (Å²) in [6.07, 6.45) is 1.61. The largest absolute Gasteiger partial charge is 0.493 e. The summed E-state index contributed by atoms with van der Waals surface area (Å²) in [4.78, 5) is 16.3. The lowest BCUT2D eigenvalue weighted by Crippen LogP contribution is -2.14. The third-order valence-corrected chi connectivity index (χ3v) is 3.49. The van der Waals surface area contributed by atoms with Crippen LogP contribution in [0.5, 0.6) is 11.5 Å². The molecule has 0 saturated carbocycles. The Morgan fingerprint density at radius 1 is 1.38 bits per heavy atom. The number of hydrogen-bond acceptors (Lipinski definition) is 6. The Hall–Kier alpha value is -2.59. The first-order valence-corrected chi connectivity index (χ1v) is 6.84. The number of rotatable bonds is 5. The molecule has 21 heavy (non-hydrogen) atoms. The summed E-state index contributed by atoms with van der Waals surface area (Å²) < 4.78 is 10.3. The van der Waals surface area contributed by atoms with Gasteiger partial charge in [-0.05, 0) is 17.7 Å². The summed E-state index contributed by atoms with van der Waals surface area (Å²) >= 11 is 1.14. The Morgan fingerprint density at radius 2 is 2.14 bits per heavy atom. The maximum absolute atomic E-state index is 11.9. The Morgan fingerprint density at radius 3 is 2.76 bits per heavy atom. The fraction of sp³-hybridized carbons (Fsp3) is 0.214. The minimum Gasteiger partial charge on any atom is -0.493 e. The van der Waals surface area contributed by atoms with Crippen LogP contribution in [0.1, 0.15) is 10.4 Å². The zero-order chi connectivity index (χ0) is 15.2. The Labute approximate surface area is 126 Å². The maximum atomic E-state index is 11.9. The molecule has 0 aliphatic heterocycles. The smallest absolute Gasteiger partial charge is 0.230 e. The lowest BCUT2D eigenvalue weighted by molar-refractivity contribution is -0.115. The van der Waals surface area contributed by atoms with Gasteiger partial charge in [-0.15, -0.1) is 0 Å². The molecule has 0 aliphatic carbocycles. The number of benzene rings is 1. The molecule has 1 heterocycles. The molecule has 0 radical (unpaired) electrons. The van der Waals surface area contributed by atoms with Crippen molar-refractivity contribution in [3.63, 3.8) is 0 Å². The molecule has 7 heteroatoms. The summed E-state index contributed by atoms with van der Waals surface area (Å²) in [5, 5.41) is 11.8. The highest BCUT2D eigenvalue weighted by atomic mass is 32.1. The number of carbonyl (C=O) groups excluding carboxylic acids is 1. The van der Waals surface area contributed by atoms with Crippen LogP contribution in [0, 0.1) is 11.3 Å². The number of amides is 1. The van der Waals surface area contributed by atoms with Crippen molar-refractivity contribution in [3.05, 3.63) is 34.8 Å². The Balaban J connectivity index is 2.04. The second kappa shape index (κ2) is 6.72. The minimum absolute atomic E-state index is 0.182. The number of ether oxygens (including phenoxy) is 2. The predicted octanol–water partition coefficient (Wildman–Crippen LogP) is 2.21. The van der Waals surface area contributed by atoms with Crippen molar-refractivity contribution in [1.29, 1.82) is 5.26 Å². The van der Waals surface area contributed by atoms with Gasteiger partial charge < -0.3 is 14.8 Å². The zero-order valence-electron chi connectivity index (χ0n) is 11.5. The molecule has 0 atom stereocenters. The highest BCUT2D eigenvalue weighted by Crippen LogP contribution is 2.27. The summed E-state index contributed by atoms with van der Waals surface area (Å²) in [5.41, 5.74) is 0.794. The second-order valence-corrected chi connectivity index (χ2v) is 5.09. The van der Waals surface area contributed by atoms with Gasteiger partial charge in [0.25, 0.3) is 0 Å². The highest BCUT2D eigenvalue weighted by molar-refractivity contribution is 7.16. The SMILES string of the molecule is COc1ccc(CC(=O)Nc2ncc(C#N)s2)cc1OC. The van der Waals surface area contributed by atoms with Crippen LogP contribution in [0.15, 0.2) is 24.4 Å². The van der Waals surface area contributed by atoms with E-state index in [0.29, 0.717) is 21.5 Å². The van der Waals surface area contributed by atoms with E-state index in [-0.39, 0.29) is 12.3 Å². The van der Waals surface area contributed by atoms with Gasteiger partial charge in [-0.3, -0.25) is 4.79 Å². The number of hydrogen-bond donors (Lipinski definition) is 1. The Kier molecular flexibility index (Phi) is 4.74. The average molecular weight is 303 g/mol. The van der Waals surface area contributed by atoms with Crippen molar-refractivity contribution >= 4 is 22.4 Å². The van der Waals surface area contributed by atoms with E-state index in [4.69, 9.17) is 14.7 Å². The number of thiazole rings is 1. The van der Waals surface area contributed by atoms with Gasteiger partial charge in [-0.1, -0.05) is 17.4 Å². The molecule has 0 spiro atoms. The molecule has 0 unspecified atom stereocenters. The zero-order valence-corrected chi connectivity index (χ0v) is 12.4. The fourth-order valence-corrected chi connectivity index (χ4v) is 2.35. The molecule has 0 saturated heterocycles. The van der Waals surface area contributed by atoms with Crippen LogP contribution >= 0.6 is 11.3 Å². The van der Waals surface area contributed by atoms with Crippen LogP contribution in [-0.4, -0.2) is 25.1 Å². The number of aromatic nitrogens is 1. The van der Waals surface area contributed by atoms with E-state index >= 15 is 0 Å². The molecular formula is C14H13N3O3S. The van der Waals surface area contributed by atoms with E-state index in [1.165, 1.54) is 6.20 Å². The molecule has 6 nitrogen and oxygen atoms in total. The average Bonchev–Trinajstić information content (AvgIpc) is 2.94. The Bertz CT molecular complexity index is 691. The molecule has 1 aromatic heterocycles. The van der Waals surface area contributed by atoms with Gasteiger partial charge >= 0.3 is 0 Å². The lowest BCUT2D eigenvalue weighted by Gasteiger charge is -2.09. The van der Waals surface area contributed by atoms with Gasteiger partial charge in [0.2, 0.25) is 5.91 Å². The first-order chi connectivity index (χ1) is 10.2. The van der Waals surface area contributed by atoms with Gasteiger partial charge in [0.05, 0.1) is 26.8 Å². The molecule has 1 N–H and O–H groups in total. The highest BCUT2D eigenvalue weighted by Gasteiger charge is 2.10. The molecule has 0 aliphatic rings. The van der Waals surface area contributed by atoms with Crippen LogP contribution in [0.4, 0.5) is 5.13 Å². The standard InChI is InChI=1S/C14H13N3O3S/c1-19-11-4-3-9(5-12(11)20-2)6-13(18)17-14-16-8-10(7-15)21-14/h3-5,8H,6H2,1-2H3,(H,16,17,18).